The van der Waals surface area contributed by atoms with Crippen LogP contribution in [-0.4, -0.2) is 34.3 Å². The quantitative estimate of drug-likeness (QED) is 0.203. The number of nitrogens with zero attached hydrogens (tertiary/aromatic N) is 2. The Morgan fingerprint density at radius 3 is 2.50 bits per heavy atom. The minimum absolute atomic E-state index is 0.320. The first-order chi connectivity index (χ1) is 20.7. The molecule has 3 aliphatic rings. The minimum Gasteiger partial charge on any atom is -0.494 e. The lowest BCUT2D eigenvalue weighted by Gasteiger charge is -2.21. The molecule has 2 bridgehead atoms. The van der Waals surface area contributed by atoms with Gasteiger partial charge in [0, 0.05) is 29.9 Å². The second-order valence-corrected chi connectivity index (χ2v) is 12.7. The zero-order valence-corrected chi connectivity index (χ0v) is 25.0. The highest BCUT2D eigenvalue weighted by Crippen LogP contribution is 2.36. The standard InChI is InChI=1S/C36H40N2O3S/c39-42(40)36-18-17-32(31-11-4-5-12-33(31)36)34-25-37-20-19-27-22-29(24-38-35(34)23-27)28-13-15-30(16-14-28)41-21-7-6-10-26-8-2-1-3-9-26/h4-5,11-18,22,24-27H,1-3,6-10,19-21,23H2,(H,39,40)/b35-34-,37-25-. The molecule has 5 nitrogen and oxygen atoms in total. The van der Waals surface area contributed by atoms with Crippen LogP contribution in [0.25, 0.3) is 21.9 Å². The Bertz CT molecular complexity index is 1550. The van der Waals surface area contributed by atoms with Crippen LogP contribution in [0.2, 0.25) is 0 Å². The first kappa shape index (κ1) is 28.8. The first-order valence-corrected chi connectivity index (χ1v) is 16.6. The molecular weight excluding hydrogens is 540 g/mol. The van der Waals surface area contributed by atoms with Gasteiger partial charge in [-0.25, -0.2) is 4.21 Å². The number of rotatable bonds is 9. The van der Waals surface area contributed by atoms with Gasteiger partial charge in [0.1, 0.15) is 5.75 Å². The molecule has 3 aromatic rings. The summed E-state index contributed by atoms with van der Waals surface area (Å²) in [5.41, 5.74) is 5.21. The van der Waals surface area contributed by atoms with Crippen molar-refractivity contribution in [3.63, 3.8) is 0 Å². The third-order valence-corrected chi connectivity index (χ3v) is 9.67. The smallest absolute Gasteiger partial charge is 0.187 e. The number of benzene rings is 3. The van der Waals surface area contributed by atoms with E-state index < -0.39 is 11.1 Å². The van der Waals surface area contributed by atoms with Gasteiger partial charge in [0.05, 0.1) is 17.2 Å². The van der Waals surface area contributed by atoms with Crippen LogP contribution in [0.3, 0.4) is 0 Å². The Morgan fingerprint density at radius 1 is 0.881 bits per heavy atom. The predicted molar refractivity (Wildman–Crippen MR) is 175 cm³/mol. The molecular formula is C36H40N2O3S. The molecule has 0 amide bonds. The summed E-state index contributed by atoms with van der Waals surface area (Å²) in [7, 11) is 0. The van der Waals surface area contributed by atoms with Crippen molar-refractivity contribution in [3.05, 3.63) is 83.6 Å². The summed E-state index contributed by atoms with van der Waals surface area (Å²) in [4.78, 5) is 10.2. The van der Waals surface area contributed by atoms with Crippen LogP contribution >= 0.6 is 0 Å². The Hall–Kier alpha value is -3.35. The van der Waals surface area contributed by atoms with E-state index in [0.717, 1.165) is 82.8 Å². The van der Waals surface area contributed by atoms with Gasteiger partial charge in [-0.3, -0.25) is 9.98 Å². The molecule has 2 atom stereocenters. The minimum atomic E-state index is -2.06. The van der Waals surface area contributed by atoms with Crippen molar-refractivity contribution < 1.29 is 13.5 Å². The normalized spacial score (nSPS) is 22.6. The third-order valence-electron chi connectivity index (χ3n) is 8.94. The van der Waals surface area contributed by atoms with Gasteiger partial charge in [0.25, 0.3) is 0 Å². The second kappa shape index (κ2) is 13.7. The van der Waals surface area contributed by atoms with Crippen molar-refractivity contribution >= 4 is 45.4 Å². The summed E-state index contributed by atoms with van der Waals surface area (Å²) in [6, 6.07) is 19.9. The zero-order chi connectivity index (χ0) is 28.7. The highest BCUT2D eigenvalue weighted by atomic mass is 32.2. The maximum atomic E-state index is 12.0. The summed E-state index contributed by atoms with van der Waals surface area (Å²) < 4.78 is 27.9. The molecule has 6 heteroatoms. The lowest BCUT2D eigenvalue weighted by Crippen LogP contribution is -2.07. The molecule has 0 spiro atoms. The van der Waals surface area contributed by atoms with E-state index >= 15 is 0 Å². The van der Waals surface area contributed by atoms with Crippen LogP contribution in [0.4, 0.5) is 0 Å². The number of ether oxygens (including phenoxy) is 1. The van der Waals surface area contributed by atoms with E-state index in [1.165, 1.54) is 44.9 Å². The molecule has 1 aliphatic carbocycles. The fraction of sp³-hybridized carbons (Fsp3) is 0.389. The third kappa shape index (κ3) is 6.82. The molecule has 1 N–H and O–H groups in total. The van der Waals surface area contributed by atoms with Crippen molar-refractivity contribution in [1.29, 1.82) is 0 Å². The van der Waals surface area contributed by atoms with Crippen molar-refractivity contribution in [2.75, 3.05) is 13.2 Å². The molecule has 218 valence electrons. The highest BCUT2D eigenvalue weighted by molar-refractivity contribution is 7.79. The topological polar surface area (TPSA) is 71.2 Å². The van der Waals surface area contributed by atoms with E-state index in [2.05, 4.69) is 30.3 Å². The van der Waals surface area contributed by atoms with Crippen molar-refractivity contribution in [2.45, 2.75) is 69.1 Å². The molecule has 3 aromatic carbocycles. The van der Waals surface area contributed by atoms with E-state index in [1.54, 1.807) is 6.07 Å². The van der Waals surface area contributed by atoms with E-state index in [4.69, 9.17) is 14.7 Å². The van der Waals surface area contributed by atoms with E-state index in [-0.39, 0.29) is 0 Å². The number of fused-ring (bicyclic) bond motifs is 3. The lowest BCUT2D eigenvalue weighted by molar-refractivity contribution is 0.283. The summed E-state index contributed by atoms with van der Waals surface area (Å²) >= 11 is -2.06. The maximum absolute atomic E-state index is 12.0. The van der Waals surface area contributed by atoms with Crippen molar-refractivity contribution in [2.24, 2.45) is 21.8 Å². The fourth-order valence-electron chi connectivity index (χ4n) is 6.64. The molecule has 0 radical (unpaired) electrons. The highest BCUT2D eigenvalue weighted by Gasteiger charge is 2.21. The van der Waals surface area contributed by atoms with Crippen molar-refractivity contribution in [1.82, 2.24) is 0 Å². The van der Waals surface area contributed by atoms with Gasteiger partial charge in [-0.15, -0.1) is 0 Å². The Labute approximate surface area is 251 Å². The number of allylic oxidation sites excluding steroid dienone is 4. The first-order valence-electron chi connectivity index (χ1n) is 15.5. The number of hydrogen-bond acceptors (Lipinski definition) is 4. The molecule has 2 heterocycles. The lowest BCUT2D eigenvalue weighted by atomic mass is 9.86. The Morgan fingerprint density at radius 2 is 1.69 bits per heavy atom. The molecule has 2 aliphatic heterocycles. The predicted octanol–water partition coefficient (Wildman–Crippen LogP) is 8.91. The molecule has 0 saturated heterocycles. The van der Waals surface area contributed by atoms with Crippen LogP contribution in [-0.2, 0) is 11.1 Å². The molecule has 2 unspecified atom stereocenters. The van der Waals surface area contributed by atoms with Gasteiger partial charge in [-0.2, -0.15) is 0 Å². The fourth-order valence-corrected chi connectivity index (χ4v) is 7.19. The summed E-state index contributed by atoms with van der Waals surface area (Å²) in [5.74, 6) is 2.19. The number of hydrogen-bond donors (Lipinski definition) is 1. The SMILES string of the molecule is O=S(O)c1ccc(C2=C3/CC(C=C(c4ccc(OCCCCC5CCCCC5)cc4)C=N3)CC/N=C\2)c2ccccc12. The summed E-state index contributed by atoms with van der Waals surface area (Å²) in [5, 5.41) is 1.71. The van der Waals surface area contributed by atoms with Gasteiger partial charge >= 0.3 is 0 Å². The number of unbranched alkanes of at least 4 members (excludes halogenated alkanes) is 1. The van der Waals surface area contributed by atoms with E-state index in [0.29, 0.717) is 10.8 Å². The molecule has 42 heavy (non-hydrogen) atoms. The van der Waals surface area contributed by atoms with Crippen LogP contribution in [0.1, 0.15) is 75.3 Å². The summed E-state index contributed by atoms with van der Waals surface area (Å²) in [6.45, 7) is 1.52. The summed E-state index contributed by atoms with van der Waals surface area (Å²) in [6.07, 6.45) is 18.9. The molecule has 0 aromatic heterocycles. The van der Waals surface area contributed by atoms with Crippen LogP contribution in [0.15, 0.2) is 87.3 Å². The van der Waals surface area contributed by atoms with Gasteiger partial charge < -0.3 is 9.29 Å². The van der Waals surface area contributed by atoms with Crippen LogP contribution in [0.5, 0.6) is 5.75 Å². The average Bonchev–Trinajstić information content (AvgIpc) is 3.25. The van der Waals surface area contributed by atoms with Crippen molar-refractivity contribution in [3.8, 4) is 5.75 Å². The van der Waals surface area contributed by atoms with E-state index in [9.17, 15) is 8.76 Å². The van der Waals surface area contributed by atoms with E-state index in [1.807, 2.05) is 42.8 Å². The van der Waals surface area contributed by atoms with Crippen LogP contribution < -0.4 is 4.74 Å². The number of aliphatic imine (C=N–C) groups is 2. The van der Waals surface area contributed by atoms with Crippen LogP contribution in [0, 0.1) is 11.8 Å². The van der Waals surface area contributed by atoms with Gasteiger partial charge in [-0.1, -0.05) is 87.1 Å². The maximum Gasteiger partial charge on any atom is 0.187 e. The second-order valence-electron chi connectivity index (χ2n) is 11.8. The average molecular weight is 581 g/mol. The molecule has 1 fully saturated rings. The van der Waals surface area contributed by atoms with Gasteiger partial charge in [-0.05, 0) is 77.8 Å². The monoisotopic (exact) mass is 580 g/mol. The Balaban J connectivity index is 1.18. The van der Waals surface area contributed by atoms with Gasteiger partial charge in [0.15, 0.2) is 11.1 Å². The molecule has 6 rings (SSSR count). The zero-order valence-electron chi connectivity index (χ0n) is 24.2. The molecule has 1 saturated carbocycles. The van der Waals surface area contributed by atoms with Gasteiger partial charge in [0.2, 0.25) is 0 Å². The largest absolute Gasteiger partial charge is 0.494 e. The Kier molecular flexibility index (Phi) is 9.41.